The van der Waals surface area contributed by atoms with E-state index < -0.39 is 5.69 Å². The summed E-state index contributed by atoms with van der Waals surface area (Å²) < 4.78 is 2.99. The first-order chi connectivity index (χ1) is 14.0. The van der Waals surface area contributed by atoms with Crippen LogP contribution < -0.4 is 11.2 Å². The van der Waals surface area contributed by atoms with E-state index in [4.69, 9.17) is 11.6 Å². The van der Waals surface area contributed by atoms with E-state index in [1.807, 2.05) is 31.2 Å². The van der Waals surface area contributed by atoms with Crippen LogP contribution in [0.3, 0.4) is 0 Å². The Bertz CT molecular complexity index is 1330. The van der Waals surface area contributed by atoms with Gasteiger partial charge in [-0.3, -0.25) is 18.7 Å². The zero-order valence-electron chi connectivity index (χ0n) is 15.6. The number of benzene rings is 2. The van der Waals surface area contributed by atoms with Gasteiger partial charge >= 0.3 is 5.69 Å². The van der Waals surface area contributed by atoms with Crippen LogP contribution in [0.2, 0.25) is 5.02 Å². The number of aryl methyl sites for hydroxylation is 1. The molecular weight excluding hydrogens is 408 g/mol. The molecule has 2 heterocycles. The normalized spacial score (nSPS) is 11.1. The first kappa shape index (κ1) is 19.4. The van der Waals surface area contributed by atoms with Gasteiger partial charge in [0.15, 0.2) is 5.78 Å². The first-order valence-electron chi connectivity index (χ1n) is 9.00. The number of hydrogen-bond donors (Lipinski definition) is 0. The first-order valence-corrected chi connectivity index (χ1v) is 10.3. The summed E-state index contributed by atoms with van der Waals surface area (Å²) in [7, 11) is 0. The maximum atomic E-state index is 13.2. The van der Waals surface area contributed by atoms with E-state index in [1.165, 1.54) is 20.5 Å². The molecule has 2 aromatic heterocycles. The number of carbonyl (C=O) groups is 1. The van der Waals surface area contributed by atoms with Crippen LogP contribution in [0.5, 0.6) is 0 Å². The third-order valence-electron chi connectivity index (χ3n) is 4.77. The number of hydrogen-bond acceptors (Lipinski definition) is 4. The number of aromatic nitrogens is 2. The quantitative estimate of drug-likeness (QED) is 0.453. The van der Waals surface area contributed by atoms with E-state index in [0.29, 0.717) is 20.8 Å². The monoisotopic (exact) mass is 424 g/mol. The molecule has 4 rings (SSSR count). The molecule has 0 aliphatic rings. The summed E-state index contributed by atoms with van der Waals surface area (Å²) in [6.07, 6.45) is 0. The lowest BCUT2D eigenvalue weighted by Gasteiger charge is -2.12. The van der Waals surface area contributed by atoms with E-state index >= 15 is 0 Å². The molecule has 29 heavy (non-hydrogen) atoms. The highest BCUT2D eigenvalue weighted by molar-refractivity contribution is 7.17. The van der Waals surface area contributed by atoms with Crippen molar-refractivity contribution in [2.75, 3.05) is 0 Å². The van der Waals surface area contributed by atoms with Gasteiger partial charge in [-0.1, -0.05) is 53.6 Å². The van der Waals surface area contributed by atoms with Crippen molar-refractivity contribution >= 4 is 38.9 Å². The Morgan fingerprint density at radius 2 is 1.72 bits per heavy atom. The number of ketones is 1. The lowest BCUT2D eigenvalue weighted by Crippen LogP contribution is -2.41. The van der Waals surface area contributed by atoms with E-state index in [-0.39, 0.29) is 24.4 Å². The minimum Gasteiger partial charge on any atom is -0.292 e. The van der Waals surface area contributed by atoms with Crippen molar-refractivity contribution in [3.63, 3.8) is 0 Å². The molecule has 0 atom stereocenters. The molecule has 5 nitrogen and oxygen atoms in total. The van der Waals surface area contributed by atoms with Gasteiger partial charge in [-0.25, -0.2) is 4.79 Å². The predicted molar refractivity (Wildman–Crippen MR) is 116 cm³/mol. The van der Waals surface area contributed by atoms with Gasteiger partial charge in [0.05, 0.1) is 23.6 Å². The molecule has 0 saturated carbocycles. The molecule has 0 spiro atoms. The molecule has 146 valence electrons. The summed E-state index contributed by atoms with van der Waals surface area (Å²) >= 11 is 7.40. The number of halogens is 1. The van der Waals surface area contributed by atoms with Gasteiger partial charge in [-0.15, -0.1) is 11.3 Å². The molecule has 0 fully saturated rings. The maximum absolute atomic E-state index is 13.2. The Kier molecular flexibility index (Phi) is 5.22. The number of carbonyl (C=O) groups excluding carboxylic acids is 1. The summed E-state index contributed by atoms with van der Waals surface area (Å²) in [6, 6.07) is 16.1. The van der Waals surface area contributed by atoms with Gasteiger partial charge < -0.3 is 0 Å². The predicted octanol–water partition coefficient (Wildman–Crippen LogP) is 4.12. The second-order valence-electron chi connectivity index (χ2n) is 6.78. The Hall–Kier alpha value is -2.96. The van der Waals surface area contributed by atoms with Gasteiger partial charge in [-0.2, -0.15) is 0 Å². The van der Waals surface area contributed by atoms with Gasteiger partial charge in [-0.05, 0) is 36.1 Å². The van der Waals surface area contributed by atoms with Gasteiger partial charge in [0.25, 0.3) is 5.56 Å². The summed E-state index contributed by atoms with van der Waals surface area (Å²) in [4.78, 5) is 38.9. The zero-order valence-corrected chi connectivity index (χ0v) is 17.2. The second-order valence-corrected chi connectivity index (χ2v) is 8.11. The molecule has 0 unspecified atom stereocenters. The van der Waals surface area contributed by atoms with Crippen molar-refractivity contribution in [1.82, 2.24) is 9.13 Å². The summed E-state index contributed by atoms with van der Waals surface area (Å²) in [5.41, 5.74) is 1.89. The Morgan fingerprint density at radius 1 is 1.00 bits per heavy atom. The van der Waals surface area contributed by atoms with E-state index in [0.717, 1.165) is 11.1 Å². The number of rotatable bonds is 5. The minimum absolute atomic E-state index is 0.145. The smallest absolute Gasteiger partial charge is 0.292 e. The topological polar surface area (TPSA) is 61.1 Å². The lowest BCUT2D eigenvalue weighted by atomic mass is 10.1. The average Bonchev–Trinajstić information content (AvgIpc) is 3.20. The molecule has 0 N–H and O–H groups in total. The Balaban J connectivity index is 1.82. The number of thiophene rings is 1. The molecule has 0 radical (unpaired) electrons. The van der Waals surface area contributed by atoms with Crippen molar-refractivity contribution < 1.29 is 4.79 Å². The standard InChI is InChI=1S/C22H17ClN2O3S/c1-14-6-8-15(9-7-14)12-25-21(27)20-18(10-11-29-20)24(22(25)28)13-19(26)16-4-2-3-5-17(16)23/h2-11H,12-13H2,1H3. The fraction of sp³-hybridized carbons (Fsp3) is 0.136. The third kappa shape index (κ3) is 3.69. The van der Waals surface area contributed by atoms with Crippen molar-refractivity contribution in [3.05, 3.63) is 103 Å². The SMILES string of the molecule is Cc1ccc(Cn2c(=O)c3sccc3n(CC(=O)c3ccccc3Cl)c2=O)cc1. The van der Waals surface area contributed by atoms with Crippen LogP contribution >= 0.6 is 22.9 Å². The number of nitrogens with zero attached hydrogens (tertiary/aromatic N) is 2. The minimum atomic E-state index is -0.512. The highest BCUT2D eigenvalue weighted by atomic mass is 35.5. The molecule has 0 aliphatic heterocycles. The fourth-order valence-corrected chi connectivity index (χ4v) is 4.30. The summed E-state index contributed by atoms with van der Waals surface area (Å²) in [5, 5.41) is 2.08. The molecule has 7 heteroatoms. The molecular formula is C22H17ClN2O3S. The van der Waals surface area contributed by atoms with Gasteiger partial charge in [0, 0.05) is 5.56 Å². The van der Waals surface area contributed by atoms with Crippen molar-refractivity contribution in [3.8, 4) is 0 Å². The Labute approximate surface area is 175 Å². The molecule has 2 aromatic carbocycles. The van der Waals surface area contributed by atoms with Crippen LogP contribution in [0.25, 0.3) is 10.2 Å². The maximum Gasteiger partial charge on any atom is 0.332 e. The molecule has 0 amide bonds. The van der Waals surface area contributed by atoms with Gasteiger partial charge in [0.1, 0.15) is 4.70 Å². The second kappa shape index (κ2) is 7.81. The molecule has 0 aliphatic carbocycles. The van der Waals surface area contributed by atoms with E-state index in [2.05, 4.69) is 0 Å². The van der Waals surface area contributed by atoms with Crippen molar-refractivity contribution in [1.29, 1.82) is 0 Å². The van der Waals surface area contributed by atoms with E-state index in [1.54, 1.807) is 35.7 Å². The largest absolute Gasteiger partial charge is 0.332 e. The molecule has 0 bridgehead atoms. The molecule has 4 aromatic rings. The van der Waals surface area contributed by atoms with E-state index in [9.17, 15) is 14.4 Å². The van der Waals surface area contributed by atoms with Crippen molar-refractivity contribution in [2.24, 2.45) is 0 Å². The molecule has 0 saturated heterocycles. The number of fused-ring (bicyclic) bond motifs is 1. The fourth-order valence-electron chi connectivity index (χ4n) is 3.22. The highest BCUT2D eigenvalue weighted by Crippen LogP contribution is 2.19. The van der Waals surface area contributed by atoms with Crippen LogP contribution in [0.4, 0.5) is 0 Å². The summed E-state index contributed by atoms with van der Waals surface area (Å²) in [6.45, 7) is 1.93. The third-order valence-corrected chi connectivity index (χ3v) is 5.99. The average molecular weight is 425 g/mol. The lowest BCUT2D eigenvalue weighted by molar-refractivity contribution is 0.0971. The van der Waals surface area contributed by atoms with Gasteiger partial charge in [0.2, 0.25) is 0 Å². The Morgan fingerprint density at radius 3 is 2.45 bits per heavy atom. The summed E-state index contributed by atoms with van der Waals surface area (Å²) in [5.74, 6) is -0.286. The van der Waals surface area contributed by atoms with Crippen LogP contribution in [-0.2, 0) is 13.1 Å². The van der Waals surface area contributed by atoms with Crippen LogP contribution in [0.15, 0.2) is 69.6 Å². The highest BCUT2D eigenvalue weighted by Gasteiger charge is 2.18. The van der Waals surface area contributed by atoms with Crippen LogP contribution in [0, 0.1) is 6.92 Å². The van der Waals surface area contributed by atoms with Crippen molar-refractivity contribution in [2.45, 2.75) is 20.0 Å². The van der Waals surface area contributed by atoms with Crippen LogP contribution in [0.1, 0.15) is 21.5 Å². The zero-order chi connectivity index (χ0) is 20.5. The van der Waals surface area contributed by atoms with Crippen LogP contribution in [-0.4, -0.2) is 14.9 Å². The number of Topliss-reactive ketones (excluding diaryl/α,β-unsaturated/α-hetero) is 1.